The van der Waals surface area contributed by atoms with Gasteiger partial charge in [-0.1, -0.05) is 13.8 Å². The van der Waals surface area contributed by atoms with E-state index < -0.39 is 0 Å². The monoisotopic (exact) mass is 187 g/mol. The SMILES string of the molecule is CSCCNC1CCC(C)(C)C1. The molecule has 0 spiro atoms. The molecule has 0 amide bonds. The van der Waals surface area contributed by atoms with Gasteiger partial charge in [-0.25, -0.2) is 0 Å². The molecule has 1 atom stereocenters. The Balaban J connectivity index is 2.11. The standard InChI is InChI=1S/C10H21NS/c1-10(2)5-4-9(8-10)11-6-7-12-3/h9,11H,4-8H2,1-3H3. The molecule has 12 heavy (non-hydrogen) atoms. The Morgan fingerprint density at radius 2 is 2.25 bits per heavy atom. The number of hydrogen-bond acceptors (Lipinski definition) is 2. The van der Waals surface area contributed by atoms with Crippen molar-refractivity contribution in [2.45, 2.75) is 39.2 Å². The van der Waals surface area contributed by atoms with Crippen LogP contribution in [0.2, 0.25) is 0 Å². The predicted octanol–water partition coefficient (Wildman–Crippen LogP) is 2.52. The third-order valence-corrected chi connectivity index (χ3v) is 3.32. The predicted molar refractivity (Wildman–Crippen MR) is 57.8 cm³/mol. The molecule has 72 valence electrons. The van der Waals surface area contributed by atoms with Crippen molar-refractivity contribution in [3.05, 3.63) is 0 Å². The lowest BCUT2D eigenvalue weighted by Gasteiger charge is -2.17. The zero-order valence-electron chi connectivity index (χ0n) is 8.52. The molecule has 0 radical (unpaired) electrons. The summed E-state index contributed by atoms with van der Waals surface area (Å²) in [5, 5.41) is 3.62. The van der Waals surface area contributed by atoms with Crippen LogP contribution < -0.4 is 5.32 Å². The summed E-state index contributed by atoms with van der Waals surface area (Å²) in [5.41, 5.74) is 0.594. The fraction of sp³-hybridized carbons (Fsp3) is 1.00. The van der Waals surface area contributed by atoms with Crippen molar-refractivity contribution in [2.24, 2.45) is 5.41 Å². The molecule has 1 fully saturated rings. The second-order valence-corrected chi connectivity index (χ2v) is 5.54. The Kier molecular flexibility index (Phi) is 3.91. The van der Waals surface area contributed by atoms with Crippen LogP contribution in [0.1, 0.15) is 33.1 Å². The molecule has 1 unspecified atom stereocenters. The second-order valence-electron chi connectivity index (χ2n) is 4.55. The first-order chi connectivity index (χ1) is 5.64. The molecule has 0 aromatic carbocycles. The quantitative estimate of drug-likeness (QED) is 0.679. The van der Waals surface area contributed by atoms with Crippen LogP contribution in [0, 0.1) is 5.41 Å². The lowest BCUT2D eigenvalue weighted by atomic mass is 9.92. The van der Waals surface area contributed by atoms with E-state index >= 15 is 0 Å². The van der Waals surface area contributed by atoms with E-state index in [9.17, 15) is 0 Å². The summed E-state index contributed by atoms with van der Waals surface area (Å²) in [6.45, 7) is 5.94. The van der Waals surface area contributed by atoms with Crippen LogP contribution in [0.25, 0.3) is 0 Å². The largest absolute Gasteiger partial charge is 0.313 e. The van der Waals surface area contributed by atoms with Gasteiger partial charge in [-0.2, -0.15) is 11.8 Å². The summed E-state index contributed by atoms with van der Waals surface area (Å²) >= 11 is 1.92. The lowest BCUT2D eigenvalue weighted by Crippen LogP contribution is -2.29. The van der Waals surface area contributed by atoms with E-state index in [1.54, 1.807) is 0 Å². The maximum atomic E-state index is 3.62. The maximum Gasteiger partial charge on any atom is 0.00726 e. The van der Waals surface area contributed by atoms with E-state index in [1.165, 1.54) is 31.6 Å². The van der Waals surface area contributed by atoms with Crippen molar-refractivity contribution >= 4 is 11.8 Å². The average molecular weight is 187 g/mol. The summed E-state index contributed by atoms with van der Waals surface area (Å²) in [6, 6.07) is 0.798. The minimum absolute atomic E-state index is 0.594. The average Bonchev–Trinajstić information content (AvgIpc) is 2.31. The van der Waals surface area contributed by atoms with Crippen molar-refractivity contribution in [1.82, 2.24) is 5.32 Å². The zero-order valence-corrected chi connectivity index (χ0v) is 9.34. The second kappa shape index (κ2) is 4.52. The van der Waals surface area contributed by atoms with Gasteiger partial charge in [0.15, 0.2) is 0 Å². The molecule has 0 saturated heterocycles. The van der Waals surface area contributed by atoms with Crippen LogP contribution in [0.15, 0.2) is 0 Å². The number of rotatable bonds is 4. The van der Waals surface area contributed by atoms with Gasteiger partial charge in [-0.15, -0.1) is 0 Å². The van der Waals surface area contributed by atoms with Gasteiger partial charge < -0.3 is 5.32 Å². The van der Waals surface area contributed by atoms with Gasteiger partial charge >= 0.3 is 0 Å². The highest BCUT2D eigenvalue weighted by Crippen LogP contribution is 2.36. The van der Waals surface area contributed by atoms with Crippen LogP contribution in [-0.2, 0) is 0 Å². The maximum absolute atomic E-state index is 3.62. The van der Waals surface area contributed by atoms with Crippen LogP contribution in [0.4, 0.5) is 0 Å². The van der Waals surface area contributed by atoms with E-state index in [4.69, 9.17) is 0 Å². The molecule has 2 heteroatoms. The van der Waals surface area contributed by atoms with E-state index in [2.05, 4.69) is 25.4 Å². The number of nitrogens with one attached hydrogen (secondary N) is 1. The van der Waals surface area contributed by atoms with Crippen molar-refractivity contribution in [3.63, 3.8) is 0 Å². The van der Waals surface area contributed by atoms with Crippen LogP contribution in [0.5, 0.6) is 0 Å². The summed E-state index contributed by atoms with van der Waals surface area (Å²) in [4.78, 5) is 0. The molecular formula is C10H21NS. The van der Waals surface area contributed by atoms with Gasteiger partial charge in [-0.3, -0.25) is 0 Å². The molecule has 0 heterocycles. The van der Waals surface area contributed by atoms with E-state index in [1.807, 2.05) is 11.8 Å². The Hall–Kier alpha value is 0.310. The Bertz CT molecular complexity index is 134. The van der Waals surface area contributed by atoms with Crippen molar-refractivity contribution in [1.29, 1.82) is 0 Å². The number of hydrogen-bond donors (Lipinski definition) is 1. The molecule has 1 N–H and O–H groups in total. The first kappa shape index (κ1) is 10.4. The molecule has 1 rings (SSSR count). The van der Waals surface area contributed by atoms with Gasteiger partial charge in [0.2, 0.25) is 0 Å². The molecule has 1 aliphatic rings. The van der Waals surface area contributed by atoms with Crippen LogP contribution >= 0.6 is 11.8 Å². The van der Waals surface area contributed by atoms with E-state index in [0.29, 0.717) is 5.41 Å². The van der Waals surface area contributed by atoms with Gasteiger partial charge in [0.1, 0.15) is 0 Å². The van der Waals surface area contributed by atoms with Gasteiger partial charge in [-0.05, 0) is 30.9 Å². The molecule has 1 aliphatic carbocycles. The minimum atomic E-state index is 0.594. The summed E-state index contributed by atoms with van der Waals surface area (Å²) in [6.07, 6.45) is 6.30. The smallest absolute Gasteiger partial charge is 0.00726 e. The first-order valence-corrected chi connectivity index (χ1v) is 6.26. The first-order valence-electron chi connectivity index (χ1n) is 4.86. The number of thioether (sulfide) groups is 1. The Labute approximate surface area is 80.7 Å². The zero-order chi connectivity index (χ0) is 9.03. The fourth-order valence-corrected chi connectivity index (χ4v) is 2.30. The van der Waals surface area contributed by atoms with Gasteiger partial charge in [0.05, 0.1) is 0 Å². The van der Waals surface area contributed by atoms with Crippen molar-refractivity contribution < 1.29 is 0 Å². The highest BCUT2D eigenvalue weighted by Gasteiger charge is 2.29. The Morgan fingerprint density at radius 3 is 2.75 bits per heavy atom. The normalized spacial score (nSPS) is 27.8. The third kappa shape index (κ3) is 3.36. The molecule has 1 saturated carbocycles. The van der Waals surface area contributed by atoms with Gasteiger partial charge in [0, 0.05) is 18.3 Å². The van der Waals surface area contributed by atoms with Crippen LogP contribution in [0.3, 0.4) is 0 Å². The van der Waals surface area contributed by atoms with E-state index in [0.717, 1.165) is 6.04 Å². The van der Waals surface area contributed by atoms with E-state index in [-0.39, 0.29) is 0 Å². The molecule has 0 bridgehead atoms. The highest BCUT2D eigenvalue weighted by atomic mass is 32.2. The van der Waals surface area contributed by atoms with Gasteiger partial charge in [0.25, 0.3) is 0 Å². The lowest BCUT2D eigenvalue weighted by molar-refractivity contribution is 0.366. The molecule has 0 aliphatic heterocycles. The third-order valence-electron chi connectivity index (χ3n) is 2.71. The highest BCUT2D eigenvalue weighted by molar-refractivity contribution is 7.98. The van der Waals surface area contributed by atoms with Crippen LogP contribution in [-0.4, -0.2) is 24.6 Å². The molecule has 0 aromatic rings. The summed E-state index contributed by atoms with van der Waals surface area (Å²) < 4.78 is 0. The molecule has 0 aromatic heterocycles. The van der Waals surface area contributed by atoms with Crippen molar-refractivity contribution in [3.8, 4) is 0 Å². The Morgan fingerprint density at radius 1 is 1.50 bits per heavy atom. The topological polar surface area (TPSA) is 12.0 Å². The minimum Gasteiger partial charge on any atom is -0.313 e. The molecule has 1 nitrogen and oxygen atoms in total. The van der Waals surface area contributed by atoms with Crippen molar-refractivity contribution in [2.75, 3.05) is 18.6 Å². The summed E-state index contributed by atoms with van der Waals surface area (Å²) in [5.74, 6) is 1.25. The molecular weight excluding hydrogens is 166 g/mol. The fourth-order valence-electron chi connectivity index (χ4n) is 1.98. The summed E-state index contributed by atoms with van der Waals surface area (Å²) in [7, 11) is 0.